The quantitative estimate of drug-likeness (QED) is 0.213. The van der Waals surface area contributed by atoms with Crippen molar-refractivity contribution < 1.29 is 9.53 Å². The van der Waals surface area contributed by atoms with Crippen LogP contribution >= 0.6 is 35.3 Å². The molecule has 1 fully saturated rings. The number of nitrogens with one attached hydrogen (secondary N) is 1. The molecule has 142 valence electrons. The summed E-state index contributed by atoms with van der Waals surface area (Å²) in [7, 11) is 3.75. The molecule has 2 rings (SSSR count). The molecular formula is C17H29IN4O2S. The van der Waals surface area contributed by atoms with E-state index in [1.807, 2.05) is 18.9 Å². The lowest BCUT2D eigenvalue weighted by molar-refractivity contribution is -0.148. The molecule has 1 N–H and O–H groups in total. The topological polar surface area (TPSA) is 66.8 Å². The number of halogens is 1. The number of carbonyl (C=O) groups excluding carboxylic acids is 1. The summed E-state index contributed by atoms with van der Waals surface area (Å²) in [5.74, 6) is 0.731. The van der Waals surface area contributed by atoms with Gasteiger partial charge in [-0.15, -0.1) is 35.3 Å². The number of ether oxygens (including phenoxy) is 1. The minimum Gasteiger partial charge on any atom is -0.462 e. The van der Waals surface area contributed by atoms with Gasteiger partial charge in [-0.2, -0.15) is 0 Å². The number of esters is 1. The number of thiazole rings is 1. The lowest BCUT2D eigenvalue weighted by Gasteiger charge is -2.21. The highest BCUT2D eigenvalue weighted by Crippen LogP contribution is 2.21. The highest BCUT2D eigenvalue weighted by molar-refractivity contribution is 14.0. The molecule has 1 saturated carbocycles. The normalized spacial score (nSPS) is 14.9. The number of aromatic nitrogens is 1. The molecule has 0 bridgehead atoms. The summed E-state index contributed by atoms with van der Waals surface area (Å²) < 4.78 is 5.46. The molecular weight excluding hydrogens is 451 g/mol. The van der Waals surface area contributed by atoms with E-state index in [9.17, 15) is 4.79 Å². The number of aryl methyl sites for hydroxylation is 1. The van der Waals surface area contributed by atoms with E-state index in [2.05, 4.69) is 20.7 Å². The molecule has 0 atom stereocenters. The second kappa shape index (κ2) is 11.7. The summed E-state index contributed by atoms with van der Waals surface area (Å²) in [6, 6.07) is 0. The van der Waals surface area contributed by atoms with Crippen molar-refractivity contribution in [2.24, 2.45) is 4.99 Å². The third-order valence-corrected chi connectivity index (χ3v) is 4.90. The van der Waals surface area contributed by atoms with Crippen LogP contribution in [0.4, 0.5) is 0 Å². The fraction of sp³-hybridized carbons (Fsp3) is 0.706. The first kappa shape index (κ1) is 22.1. The van der Waals surface area contributed by atoms with Gasteiger partial charge in [0.15, 0.2) is 5.96 Å². The molecule has 0 amide bonds. The zero-order valence-corrected chi connectivity index (χ0v) is 18.4. The van der Waals surface area contributed by atoms with E-state index in [0.717, 1.165) is 35.9 Å². The van der Waals surface area contributed by atoms with E-state index in [-0.39, 0.29) is 36.0 Å². The zero-order chi connectivity index (χ0) is 17.4. The van der Waals surface area contributed by atoms with Gasteiger partial charge in [0.2, 0.25) is 0 Å². The molecule has 0 aliphatic heterocycles. The van der Waals surface area contributed by atoms with Crippen molar-refractivity contribution in [1.29, 1.82) is 0 Å². The van der Waals surface area contributed by atoms with Crippen molar-refractivity contribution in [1.82, 2.24) is 15.2 Å². The fourth-order valence-electron chi connectivity index (χ4n) is 2.87. The maximum Gasteiger partial charge on any atom is 0.306 e. The summed E-state index contributed by atoms with van der Waals surface area (Å²) in [5.41, 5.74) is 1.04. The Kier molecular flexibility index (Phi) is 10.3. The summed E-state index contributed by atoms with van der Waals surface area (Å²) in [4.78, 5) is 22.6. The van der Waals surface area contributed by atoms with Crippen molar-refractivity contribution in [3.63, 3.8) is 0 Å². The first-order valence-corrected chi connectivity index (χ1v) is 9.48. The van der Waals surface area contributed by atoms with Crippen molar-refractivity contribution in [2.45, 2.75) is 58.1 Å². The van der Waals surface area contributed by atoms with Crippen LogP contribution in [0.5, 0.6) is 0 Å². The van der Waals surface area contributed by atoms with Crippen molar-refractivity contribution in [3.05, 3.63) is 16.1 Å². The van der Waals surface area contributed by atoms with Gasteiger partial charge in [0.1, 0.15) is 6.10 Å². The third-order valence-electron chi connectivity index (χ3n) is 4.08. The minimum absolute atomic E-state index is 0. The second-order valence-electron chi connectivity index (χ2n) is 6.19. The number of hydrogen-bond donors (Lipinski definition) is 1. The van der Waals surface area contributed by atoms with Gasteiger partial charge in [0, 0.05) is 32.4 Å². The number of nitrogens with zero attached hydrogens (tertiary/aromatic N) is 3. The molecule has 1 aromatic rings. The first-order chi connectivity index (χ1) is 11.6. The Morgan fingerprint density at radius 2 is 2.20 bits per heavy atom. The second-order valence-corrected chi connectivity index (χ2v) is 7.25. The van der Waals surface area contributed by atoms with E-state index in [4.69, 9.17) is 4.74 Å². The molecule has 0 spiro atoms. The number of hydrogen-bond acceptors (Lipinski definition) is 5. The lowest BCUT2D eigenvalue weighted by Crippen LogP contribution is -2.39. The third kappa shape index (κ3) is 7.89. The smallest absolute Gasteiger partial charge is 0.306 e. The Labute approximate surface area is 171 Å². The van der Waals surface area contributed by atoms with Crippen LogP contribution in [0.1, 0.15) is 49.2 Å². The van der Waals surface area contributed by atoms with Gasteiger partial charge in [0.05, 0.1) is 17.2 Å². The molecule has 1 heterocycles. The van der Waals surface area contributed by atoms with Crippen LogP contribution in [0.3, 0.4) is 0 Å². The Hall–Kier alpha value is -0.900. The van der Waals surface area contributed by atoms with Gasteiger partial charge in [0.25, 0.3) is 0 Å². The Morgan fingerprint density at radius 3 is 2.80 bits per heavy atom. The standard InChI is InChI=1S/C17H28N4O2S.HI/c1-13-20-14(12-24-13)11-21(3)17(18-2)19-10-6-9-16(22)23-15-7-4-5-8-15;/h12,15H,4-11H2,1-3H3,(H,18,19);1H. The number of carbonyl (C=O) groups is 1. The number of aliphatic imine (C=N–C) groups is 1. The molecule has 6 nitrogen and oxygen atoms in total. The molecule has 0 aromatic carbocycles. The van der Waals surface area contributed by atoms with Crippen LogP contribution in [-0.2, 0) is 16.1 Å². The van der Waals surface area contributed by atoms with Crippen LogP contribution in [0.2, 0.25) is 0 Å². The van der Waals surface area contributed by atoms with Gasteiger partial charge >= 0.3 is 5.97 Å². The summed E-state index contributed by atoms with van der Waals surface area (Å²) in [5, 5.41) is 6.43. The fourth-order valence-corrected chi connectivity index (χ4v) is 3.47. The Morgan fingerprint density at radius 1 is 1.48 bits per heavy atom. The van der Waals surface area contributed by atoms with Crippen LogP contribution in [-0.4, -0.2) is 48.6 Å². The predicted octanol–water partition coefficient (Wildman–Crippen LogP) is 3.34. The molecule has 1 aliphatic rings. The van der Waals surface area contributed by atoms with E-state index in [1.54, 1.807) is 18.4 Å². The predicted molar refractivity (Wildman–Crippen MR) is 113 cm³/mol. The monoisotopic (exact) mass is 480 g/mol. The van der Waals surface area contributed by atoms with Gasteiger partial charge in [-0.3, -0.25) is 9.79 Å². The van der Waals surface area contributed by atoms with E-state index < -0.39 is 0 Å². The number of guanidine groups is 1. The highest BCUT2D eigenvalue weighted by Gasteiger charge is 2.18. The van der Waals surface area contributed by atoms with Crippen LogP contribution in [0.15, 0.2) is 10.4 Å². The summed E-state index contributed by atoms with van der Waals surface area (Å²) in [6.45, 7) is 3.42. The summed E-state index contributed by atoms with van der Waals surface area (Å²) in [6.07, 6.45) is 5.77. The van der Waals surface area contributed by atoms with Crippen LogP contribution < -0.4 is 5.32 Å². The van der Waals surface area contributed by atoms with E-state index in [1.165, 1.54) is 12.8 Å². The molecule has 0 unspecified atom stereocenters. The first-order valence-electron chi connectivity index (χ1n) is 8.60. The molecule has 0 radical (unpaired) electrons. The van der Waals surface area contributed by atoms with Gasteiger partial charge in [-0.05, 0) is 39.0 Å². The molecule has 1 aliphatic carbocycles. The van der Waals surface area contributed by atoms with Gasteiger partial charge < -0.3 is 15.0 Å². The van der Waals surface area contributed by atoms with Gasteiger partial charge in [-0.1, -0.05) is 0 Å². The minimum atomic E-state index is -0.0787. The maximum absolute atomic E-state index is 11.8. The van der Waals surface area contributed by atoms with Gasteiger partial charge in [-0.25, -0.2) is 4.98 Å². The van der Waals surface area contributed by atoms with Crippen molar-refractivity contribution >= 4 is 47.2 Å². The summed E-state index contributed by atoms with van der Waals surface area (Å²) >= 11 is 1.65. The van der Waals surface area contributed by atoms with Crippen LogP contribution in [0.25, 0.3) is 0 Å². The maximum atomic E-state index is 11.8. The van der Waals surface area contributed by atoms with Crippen LogP contribution in [0, 0.1) is 6.92 Å². The van der Waals surface area contributed by atoms with E-state index in [0.29, 0.717) is 19.5 Å². The van der Waals surface area contributed by atoms with E-state index >= 15 is 0 Å². The molecule has 8 heteroatoms. The lowest BCUT2D eigenvalue weighted by atomic mass is 10.3. The molecule has 0 saturated heterocycles. The molecule has 1 aromatic heterocycles. The largest absolute Gasteiger partial charge is 0.462 e. The highest BCUT2D eigenvalue weighted by atomic mass is 127. The average molecular weight is 480 g/mol. The molecule has 25 heavy (non-hydrogen) atoms. The average Bonchev–Trinajstić information content (AvgIpc) is 3.19. The zero-order valence-electron chi connectivity index (χ0n) is 15.3. The Balaban J connectivity index is 0.00000312. The van der Waals surface area contributed by atoms with Crippen molar-refractivity contribution in [2.75, 3.05) is 20.6 Å². The Bertz CT molecular complexity index is 559. The van der Waals surface area contributed by atoms with Crippen molar-refractivity contribution in [3.8, 4) is 0 Å². The number of rotatable bonds is 7. The SMILES string of the molecule is CN=C(NCCCC(=O)OC1CCCC1)N(C)Cc1csc(C)n1.I.